The lowest BCUT2D eigenvalue weighted by atomic mass is 9.81. The van der Waals surface area contributed by atoms with Gasteiger partial charge in [-0.3, -0.25) is 4.79 Å². The maximum absolute atomic E-state index is 11.7. The molecule has 0 saturated heterocycles. The highest BCUT2D eigenvalue weighted by molar-refractivity contribution is 8.00. The monoisotopic (exact) mass is 297 g/mol. The lowest BCUT2D eigenvalue weighted by Gasteiger charge is -2.38. The number of carboxylic acids is 1. The van der Waals surface area contributed by atoms with Crippen LogP contribution in [0.5, 0.6) is 0 Å². The van der Waals surface area contributed by atoms with E-state index in [1.54, 1.807) is 18.0 Å². The summed E-state index contributed by atoms with van der Waals surface area (Å²) in [7, 11) is 0. The Labute approximate surface area is 124 Å². The van der Waals surface area contributed by atoms with Gasteiger partial charge in [-0.25, -0.2) is 0 Å². The van der Waals surface area contributed by atoms with E-state index in [1.807, 2.05) is 13.0 Å². The van der Waals surface area contributed by atoms with E-state index < -0.39 is 11.5 Å². The zero-order valence-electron chi connectivity index (χ0n) is 12.1. The van der Waals surface area contributed by atoms with Crippen molar-refractivity contribution >= 4 is 17.7 Å². The summed E-state index contributed by atoms with van der Waals surface area (Å²) in [5, 5.41) is 13.2. The third-order valence-electron chi connectivity index (χ3n) is 3.93. The molecule has 4 nitrogen and oxygen atoms in total. The summed E-state index contributed by atoms with van der Waals surface area (Å²) in [6, 6.07) is 1.97. The van der Waals surface area contributed by atoms with E-state index in [0.717, 1.165) is 42.9 Å². The molecule has 112 valence electrons. The number of hydrogen-bond acceptors (Lipinski definition) is 4. The van der Waals surface area contributed by atoms with E-state index in [4.69, 9.17) is 4.42 Å². The van der Waals surface area contributed by atoms with Crippen LogP contribution in [0.3, 0.4) is 0 Å². The Kier molecular flexibility index (Phi) is 5.16. The first-order chi connectivity index (χ1) is 9.57. The highest BCUT2D eigenvalue weighted by atomic mass is 32.2. The number of nitrogens with one attached hydrogen (secondary N) is 1. The SMILES string of the molecule is CCCNC1(C(=O)O)CCCC(Sc2ccoc2C)C1. The summed E-state index contributed by atoms with van der Waals surface area (Å²) < 4.78 is 5.32. The zero-order valence-corrected chi connectivity index (χ0v) is 13.0. The molecular formula is C15H23NO3S. The summed E-state index contributed by atoms with van der Waals surface area (Å²) >= 11 is 1.75. The molecule has 1 aliphatic rings. The van der Waals surface area contributed by atoms with Crippen molar-refractivity contribution in [2.24, 2.45) is 0 Å². The summed E-state index contributed by atoms with van der Waals surface area (Å²) in [5.41, 5.74) is -0.746. The van der Waals surface area contributed by atoms with Gasteiger partial charge < -0.3 is 14.8 Å². The van der Waals surface area contributed by atoms with Crippen molar-refractivity contribution in [3.63, 3.8) is 0 Å². The molecule has 1 saturated carbocycles. The Hall–Kier alpha value is -0.940. The highest BCUT2D eigenvalue weighted by Gasteiger charge is 2.42. The van der Waals surface area contributed by atoms with E-state index in [9.17, 15) is 9.90 Å². The average Bonchev–Trinajstić information content (AvgIpc) is 2.82. The number of aliphatic carboxylic acids is 1. The molecule has 2 rings (SSSR count). The summed E-state index contributed by atoms with van der Waals surface area (Å²) in [5.74, 6) is 0.211. The lowest BCUT2D eigenvalue weighted by molar-refractivity contribution is -0.146. The molecule has 0 aromatic carbocycles. The second-order valence-corrected chi connectivity index (χ2v) is 6.83. The topological polar surface area (TPSA) is 62.5 Å². The van der Waals surface area contributed by atoms with E-state index in [-0.39, 0.29) is 0 Å². The first-order valence-electron chi connectivity index (χ1n) is 7.26. The predicted octanol–water partition coefficient (Wildman–Crippen LogP) is 3.45. The van der Waals surface area contributed by atoms with Crippen LogP contribution in [-0.4, -0.2) is 28.4 Å². The molecule has 5 heteroatoms. The van der Waals surface area contributed by atoms with Gasteiger partial charge in [-0.1, -0.05) is 6.92 Å². The molecular weight excluding hydrogens is 274 g/mol. The molecule has 0 aliphatic heterocycles. The minimum atomic E-state index is -0.746. The molecule has 1 aliphatic carbocycles. The molecule has 0 bridgehead atoms. The van der Waals surface area contributed by atoms with Crippen molar-refractivity contribution in [2.75, 3.05) is 6.54 Å². The Morgan fingerprint density at radius 3 is 3.05 bits per heavy atom. The number of hydrogen-bond donors (Lipinski definition) is 2. The Bertz CT molecular complexity index is 460. The standard InChI is InChI=1S/C15H23NO3S/c1-3-8-16-15(14(17)18)7-4-5-12(10-15)20-13-6-9-19-11(13)2/h6,9,12,16H,3-5,7-8,10H2,1-2H3,(H,17,18). The van der Waals surface area contributed by atoms with Crippen LogP contribution in [-0.2, 0) is 4.79 Å². The van der Waals surface area contributed by atoms with Crippen LogP contribution in [0.4, 0.5) is 0 Å². The Morgan fingerprint density at radius 1 is 1.65 bits per heavy atom. The van der Waals surface area contributed by atoms with Gasteiger partial charge in [0.25, 0.3) is 0 Å². The fraction of sp³-hybridized carbons (Fsp3) is 0.667. The molecule has 0 radical (unpaired) electrons. The van der Waals surface area contributed by atoms with Crippen molar-refractivity contribution < 1.29 is 14.3 Å². The number of aryl methyl sites for hydroxylation is 1. The highest BCUT2D eigenvalue weighted by Crippen LogP contribution is 2.39. The van der Waals surface area contributed by atoms with Gasteiger partial charge in [0.05, 0.1) is 6.26 Å². The fourth-order valence-corrected chi connectivity index (χ4v) is 4.15. The summed E-state index contributed by atoms with van der Waals surface area (Å²) in [6.45, 7) is 4.77. The van der Waals surface area contributed by atoms with Crippen molar-refractivity contribution in [3.05, 3.63) is 18.1 Å². The van der Waals surface area contributed by atoms with Crippen LogP contribution in [0.25, 0.3) is 0 Å². The van der Waals surface area contributed by atoms with Crippen molar-refractivity contribution in [3.8, 4) is 0 Å². The van der Waals surface area contributed by atoms with Gasteiger partial charge in [0, 0.05) is 10.1 Å². The van der Waals surface area contributed by atoms with Gasteiger partial charge in [-0.2, -0.15) is 0 Å². The molecule has 1 aromatic rings. The Balaban J connectivity index is 2.05. The van der Waals surface area contributed by atoms with Gasteiger partial charge in [0.1, 0.15) is 11.3 Å². The van der Waals surface area contributed by atoms with Gasteiger partial charge in [0.2, 0.25) is 0 Å². The minimum Gasteiger partial charge on any atom is -0.480 e. The molecule has 1 aromatic heterocycles. The first kappa shape index (κ1) is 15.4. The fourth-order valence-electron chi connectivity index (χ4n) is 2.79. The van der Waals surface area contributed by atoms with E-state index in [0.29, 0.717) is 11.7 Å². The van der Waals surface area contributed by atoms with Crippen LogP contribution >= 0.6 is 11.8 Å². The third-order valence-corrected chi connectivity index (χ3v) is 5.35. The molecule has 1 heterocycles. The third kappa shape index (κ3) is 3.38. The van der Waals surface area contributed by atoms with Gasteiger partial charge in [-0.15, -0.1) is 11.8 Å². The number of rotatable bonds is 6. The van der Waals surface area contributed by atoms with E-state index >= 15 is 0 Å². The molecule has 2 atom stereocenters. The van der Waals surface area contributed by atoms with Crippen molar-refractivity contribution in [1.29, 1.82) is 0 Å². The second-order valence-electron chi connectivity index (χ2n) is 5.49. The molecule has 20 heavy (non-hydrogen) atoms. The average molecular weight is 297 g/mol. The number of furan rings is 1. The maximum atomic E-state index is 11.7. The number of carboxylic acid groups (broad SMARTS) is 1. The van der Waals surface area contributed by atoms with Crippen LogP contribution in [0.2, 0.25) is 0 Å². The van der Waals surface area contributed by atoms with Crippen molar-refractivity contribution in [1.82, 2.24) is 5.32 Å². The zero-order chi connectivity index (χ0) is 14.6. The van der Waals surface area contributed by atoms with E-state index in [1.165, 1.54) is 0 Å². The Morgan fingerprint density at radius 2 is 2.45 bits per heavy atom. The smallest absolute Gasteiger partial charge is 0.323 e. The largest absolute Gasteiger partial charge is 0.480 e. The molecule has 0 amide bonds. The number of thioether (sulfide) groups is 1. The summed E-state index contributed by atoms with van der Waals surface area (Å²) in [6.07, 6.45) is 6.07. The second kappa shape index (κ2) is 6.68. The summed E-state index contributed by atoms with van der Waals surface area (Å²) in [4.78, 5) is 12.8. The molecule has 0 spiro atoms. The van der Waals surface area contributed by atoms with Crippen LogP contribution in [0, 0.1) is 6.92 Å². The van der Waals surface area contributed by atoms with Gasteiger partial charge >= 0.3 is 5.97 Å². The van der Waals surface area contributed by atoms with Gasteiger partial charge in [0.15, 0.2) is 0 Å². The van der Waals surface area contributed by atoms with Crippen LogP contribution in [0.15, 0.2) is 21.6 Å². The van der Waals surface area contributed by atoms with Crippen LogP contribution < -0.4 is 5.32 Å². The lowest BCUT2D eigenvalue weighted by Crippen LogP contribution is -2.55. The van der Waals surface area contributed by atoms with Gasteiger partial charge in [-0.05, 0) is 51.6 Å². The normalized spacial score (nSPS) is 26.6. The van der Waals surface area contributed by atoms with Crippen molar-refractivity contribution in [2.45, 2.75) is 61.6 Å². The molecule has 1 fully saturated rings. The first-order valence-corrected chi connectivity index (χ1v) is 8.14. The minimum absolute atomic E-state index is 0.334. The maximum Gasteiger partial charge on any atom is 0.323 e. The molecule has 2 N–H and O–H groups in total. The quantitative estimate of drug-likeness (QED) is 0.842. The molecule has 2 unspecified atom stereocenters. The van der Waals surface area contributed by atoms with E-state index in [2.05, 4.69) is 12.2 Å². The predicted molar refractivity (Wildman–Crippen MR) is 80.2 cm³/mol. The van der Waals surface area contributed by atoms with Crippen LogP contribution in [0.1, 0.15) is 44.8 Å². The number of carbonyl (C=O) groups is 1.